The van der Waals surface area contributed by atoms with E-state index in [0.717, 1.165) is 83.2 Å². The largest absolute Gasteiger partial charge is 0.469 e. The summed E-state index contributed by atoms with van der Waals surface area (Å²) in [6.45, 7) is 5.13. The predicted molar refractivity (Wildman–Crippen MR) is 138 cm³/mol. The molecule has 1 saturated carbocycles. The Morgan fingerprint density at radius 2 is 1.35 bits per heavy atom. The summed E-state index contributed by atoms with van der Waals surface area (Å²) in [5.41, 5.74) is 0. The first-order valence-electron chi connectivity index (χ1n) is 14.2. The van der Waals surface area contributed by atoms with Gasteiger partial charge in [-0.2, -0.15) is 0 Å². The summed E-state index contributed by atoms with van der Waals surface area (Å²) in [4.78, 5) is 25.6. The Hall–Kier alpha value is -1.14. The standard InChI is InChI=1S/C28H53NO5/c1-3-4-9-14-25-17-19-26(20-18-25)34-28(32)16-11-8-13-22-29(23-24-30)21-12-7-5-6-10-15-27(31)33-2/h25-26,30H,3-24H2,1-2H3. The predicted octanol–water partition coefficient (Wildman–Crippen LogP) is 6.04. The van der Waals surface area contributed by atoms with Crippen LogP contribution in [0.25, 0.3) is 0 Å². The first-order valence-corrected chi connectivity index (χ1v) is 14.2. The van der Waals surface area contributed by atoms with E-state index >= 15 is 0 Å². The summed E-state index contributed by atoms with van der Waals surface area (Å²) in [6.07, 6.45) is 19.4. The quantitative estimate of drug-likeness (QED) is 0.158. The molecule has 1 aliphatic carbocycles. The van der Waals surface area contributed by atoms with Crippen molar-refractivity contribution < 1.29 is 24.2 Å². The molecule has 0 aliphatic heterocycles. The number of carbonyl (C=O) groups excluding carboxylic acids is 2. The van der Waals surface area contributed by atoms with Gasteiger partial charge in [-0.15, -0.1) is 0 Å². The number of carbonyl (C=O) groups is 2. The topological polar surface area (TPSA) is 76.1 Å². The molecule has 0 saturated heterocycles. The van der Waals surface area contributed by atoms with E-state index in [0.29, 0.717) is 19.4 Å². The summed E-state index contributed by atoms with van der Waals surface area (Å²) in [5.74, 6) is 0.700. The molecule has 6 heteroatoms. The molecule has 1 aliphatic rings. The number of aliphatic hydroxyl groups excluding tert-OH is 1. The van der Waals surface area contributed by atoms with Crippen molar-refractivity contribution in [1.29, 1.82) is 0 Å². The number of unbranched alkanes of at least 4 members (excludes halogenated alkanes) is 8. The van der Waals surface area contributed by atoms with E-state index in [1.165, 1.54) is 45.6 Å². The first kappa shape index (κ1) is 30.9. The molecule has 0 heterocycles. The van der Waals surface area contributed by atoms with E-state index in [9.17, 15) is 14.7 Å². The number of aliphatic hydroxyl groups is 1. The number of hydrogen-bond donors (Lipinski definition) is 1. The fraction of sp³-hybridized carbons (Fsp3) is 0.929. The van der Waals surface area contributed by atoms with Gasteiger partial charge in [-0.3, -0.25) is 9.59 Å². The molecule has 34 heavy (non-hydrogen) atoms. The molecular formula is C28H53NO5. The highest BCUT2D eigenvalue weighted by molar-refractivity contribution is 5.69. The molecule has 0 amide bonds. The molecule has 0 spiro atoms. The molecule has 1 rings (SSSR count). The van der Waals surface area contributed by atoms with Gasteiger partial charge in [0.25, 0.3) is 0 Å². The van der Waals surface area contributed by atoms with Crippen LogP contribution in [0.4, 0.5) is 0 Å². The number of rotatable bonds is 21. The van der Waals surface area contributed by atoms with Crippen molar-refractivity contribution in [1.82, 2.24) is 4.90 Å². The van der Waals surface area contributed by atoms with E-state index in [1.807, 2.05) is 0 Å². The number of esters is 2. The maximum absolute atomic E-state index is 12.2. The third-order valence-electron chi connectivity index (χ3n) is 7.16. The molecule has 0 radical (unpaired) electrons. The molecule has 1 fully saturated rings. The lowest BCUT2D eigenvalue weighted by molar-refractivity contribution is -0.151. The number of ether oxygens (including phenoxy) is 2. The van der Waals surface area contributed by atoms with Crippen LogP contribution in [0.5, 0.6) is 0 Å². The van der Waals surface area contributed by atoms with Gasteiger partial charge in [0.05, 0.1) is 13.7 Å². The SMILES string of the molecule is CCCCCC1CCC(OC(=O)CCCCCN(CCO)CCCCCCCC(=O)OC)CC1. The van der Waals surface area contributed by atoms with Gasteiger partial charge in [-0.05, 0) is 70.4 Å². The second kappa shape index (κ2) is 21.2. The molecule has 6 nitrogen and oxygen atoms in total. The van der Waals surface area contributed by atoms with E-state index < -0.39 is 0 Å². The normalized spacial score (nSPS) is 18.2. The molecule has 200 valence electrons. The highest BCUT2D eigenvalue weighted by Crippen LogP contribution is 2.30. The Morgan fingerprint density at radius 1 is 0.765 bits per heavy atom. The van der Waals surface area contributed by atoms with E-state index in [-0.39, 0.29) is 24.6 Å². The minimum atomic E-state index is -0.123. The third kappa shape index (κ3) is 16.5. The van der Waals surface area contributed by atoms with Crippen molar-refractivity contribution in [3.8, 4) is 0 Å². The third-order valence-corrected chi connectivity index (χ3v) is 7.16. The Kier molecular flexibility index (Phi) is 19.2. The van der Waals surface area contributed by atoms with Crippen molar-refractivity contribution in [3.63, 3.8) is 0 Å². The fourth-order valence-corrected chi connectivity index (χ4v) is 4.96. The molecule has 0 aromatic carbocycles. The van der Waals surface area contributed by atoms with Gasteiger partial charge < -0.3 is 19.5 Å². The van der Waals surface area contributed by atoms with Crippen LogP contribution in [0.2, 0.25) is 0 Å². The monoisotopic (exact) mass is 483 g/mol. The smallest absolute Gasteiger partial charge is 0.306 e. The van der Waals surface area contributed by atoms with Crippen LogP contribution in [-0.4, -0.2) is 61.4 Å². The minimum absolute atomic E-state index is 0.0196. The Bertz CT molecular complexity index is 505. The minimum Gasteiger partial charge on any atom is -0.469 e. The van der Waals surface area contributed by atoms with Gasteiger partial charge in [0.1, 0.15) is 6.10 Å². The van der Waals surface area contributed by atoms with Crippen LogP contribution in [-0.2, 0) is 19.1 Å². The molecule has 0 unspecified atom stereocenters. The van der Waals surface area contributed by atoms with Crippen molar-refractivity contribution in [2.75, 3.05) is 33.4 Å². The molecule has 0 atom stereocenters. The zero-order valence-electron chi connectivity index (χ0n) is 22.2. The Balaban J connectivity index is 2.02. The van der Waals surface area contributed by atoms with Gasteiger partial charge in [0.15, 0.2) is 0 Å². The highest BCUT2D eigenvalue weighted by atomic mass is 16.5. The summed E-state index contributed by atoms with van der Waals surface area (Å²) in [5, 5.41) is 9.34. The number of hydrogen-bond acceptors (Lipinski definition) is 6. The Labute approximate surface area is 209 Å². The van der Waals surface area contributed by atoms with Gasteiger partial charge in [-0.25, -0.2) is 0 Å². The maximum atomic E-state index is 12.2. The second-order valence-corrected chi connectivity index (χ2v) is 10.1. The summed E-state index contributed by atoms with van der Waals surface area (Å²) < 4.78 is 10.4. The average Bonchev–Trinajstić information content (AvgIpc) is 2.84. The zero-order valence-corrected chi connectivity index (χ0v) is 22.2. The van der Waals surface area contributed by atoms with Crippen molar-refractivity contribution >= 4 is 11.9 Å². The molecular weight excluding hydrogens is 430 g/mol. The lowest BCUT2D eigenvalue weighted by Crippen LogP contribution is -2.29. The van der Waals surface area contributed by atoms with Gasteiger partial charge in [0.2, 0.25) is 0 Å². The summed E-state index contributed by atoms with van der Waals surface area (Å²) in [6, 6.07) is 0. The molecule has 0 aromatic rings. The number of methoxy groups -OCH3 is 1. The van der Waals surface area contributed by atoms with Crippen LogP contribution in [0.1, 0.15) is 122 Å². The van der Waals surface area contributed by atoms with Gasteiger partial charge in [0, 0.05) is 19.4 Å². The van der Waals surface area contributed by atoms with Crippen molar-refractivity contribution in [2.45, 2.75) is 129 Å². The van der Waals surface area contributed by atoms with Gasteiger partial charge >= 0.3 is 11.9 Å². The first-order chi connectivity index (χ1) is 16.6. The summed E-state index contributed by atoms with van der Waals surface area (Å²) >= 11 is 0. The van der Waals surface area contributed by atoms with E-state index in [1.54, 1.807) is 0 Å². The van der Waals surface area contributed by atoms with E-state index in [2.05, 4.69) is 16.6 Å². The lowest BCUT2D eigenvalue weighted by Gasteiger charge is -2.28. The molecule has 1 N–H and O–H groups in total. The van der Waals surface area contributed by atoms with Crippen LogP contribution >= 0.6 is 0 Å². The molecule has 0 aromatic heterocycles. The van der Waals surface area contributed by atoms with E-state index in [4.69, 9.17) is 4.74 Å². The Morgan fingerprint density at radius 3 is 1.97 bits per heavy atom. The second-order valence-electron chi connectivity index (χ2n) is 10.1. The van der Waals surface area contributed by atoms with Crippen LogP contribution in [0, 0.1) is 5.92 Å². The van der Waals surface area contributed by atoms with Crippen LogP contribution in [0.3, 0.4) is 0 Å². The maximum Gasteiger partial charge on any atom is 0.306 e. The fourth-order valence-electron chi connectivity index (χ4n) is 4.96. The highest BCUT2D eigenvalue weighted by Gasteiger charge is 2.23. The van der Waals surface area contributed by atoms with Crippen LogP contribution < -0.4 is 0 Å². The molecule has 0 bridgehead atoms. The average molecular weight is 484 g/mol. The van der Waals surface area contributed by atoms with Crippen LogP contribution in [0.15, 0.2) is 0 Å². The number of nitrogens with zero attached hydrogens (tertiary/aromatic N) is 1. The van der Waals surface area contributed by atoms with Crippen molar-refractivity contribution in [2.24, 2.45) is 5.92 Å². The lowest BCUT2D eigenvalue weighted by atomic mass is 9.84. The van der Waals surface area contributed by atoms with Gasteiger partial charge in [-0.1, -0.05) is 58.3 Å². The van der Waals surface area contributed by atoms with Crippen molar-refractivity contribution in [3.05, 3.63) is 0 Å². The summed E-state index contributed by atoms with van der Waals surface area (Å²) in [7, 11) is 1.44. The zero-order chi connectivity index (χ0) is 24.9.